The minimum atomic E-state index is 0.0688. The van der Waals surface area contributed by atoms with Crippen molar-refractivity contribution in [2.75, 3.05) is 6.54 Å². The lowest BCUT2D eigenvalue weighted by atomic mass is 10.1. The van der Waals surface area contributed by atoms with Gasteiger partial charge in [-0.25, -0.2) is 4.68 Å². The maximum atomic E-state index is 12.0. The molecule has 17 heavy (non-hydrogen) atoms. The molecule has 92 valence electrons. The molecule has 0 aromatic carbocycles. The van der Waals surface area contributed by atoms with Crippen LogP contribution in [0.5, 0.6) is 0 Å². The fourth-order valence-electron chi connectivity index (χ4n) is 2.93. The summed E-state index contributed by atoms with van der Waals surface area (Å²) in [7, 11) is 0. The minimum absolute atomic E-state index is 0.0688. The maximum Gasteiger partial charge on any atom is 0.267 e. The zero-order valence-electron chi connectivity index (χ0n) is 10.1. The predicted molar refractivity (Wildman–Crippen MR) is 65.9 cm³/mol. The molecule has 1 aliphatic heterocycles. The molecule has 0 atom stereocenters. The molecule has 0 amide bonds. The van der Waals surface area contributed by atoms with E-state index < -0.39 is 0 Å². The van der Waals surface area contributed by atoms with E-state index in [0.717, 1.165) is 37.3 Å². The lowest BCUT2D eigenvalue weighted by Gasteiger charge is -2.18. The lowest BCUT2D eigenvalue weighted by Crippen LogP contribution is -2.32. The Hall–Kier alpha value is -1.16. The second-order valence-electron chi connectivity index (χ2n) is 5.21. The van der Waals surface area contributed by atoms with Crippen LogP contribution in [0.15, 0.2) is 10.9 Å². The molecule has 2 aliphatic rings. The van der Waals surface area contributed by atoms with Crippen LogP contribution in [0.3, 0.4) is 0 Å². The molecule has 1 N–H and O–H groups in total. The third kappa shape index (κ3) is 2.27. The van der Waals surface area contributed by atoms with Gasteiger partial charge in [-0.1, -0.05) is 12.8 Å². The Morgan fingerprint density at radius 2 is 2.24 bits per heavy atom. The monoisotopic (exact) mass is 233 g/mol. The molecule has 4 nitrogen and oxygen atoms in total. The van der Waals surface area contributed by atoms with Gasteiger partial charge in [0.1, 0.15) is 0 Å². The highest BCUT2D eigenvalue weighted by atomic mass is 16.1. The van der Waals surface area contributed by atoms with Crippen molar-refractivity contribution in [3.63, 3.8) is 0 Å². The Labute approximate surface area is 101 Å². The Bertz CT molecular complexity index is 460. The van der Waals surface area contributed by atoms with Gasteiger partial charge >= 0.3 is 0 Å². The summed E-state index contributed by atoms with van der Waals surface area (Å²) in [6.07, 6.45) is 6.09. The quantitative estimate of drug-likeness (QED) is 0.831. The van der Waals surface area contributed by atoms with Crippen molar-refractivity contribution in [1.29, 1.82) is 0 Å². The Morgan fingerprint density at radius 1 is 1.41 bits per heavy atom. The first kappa shape index (κ1) is 11.0. The molecule has 1 fully saturated rings. The van der Waals surface area contributed by atoms with E-state index in [9.17, 15) is 4.79 Å². The fourth-order valence-corrected chi connectivity index (χ4v) is 2.93. The fraction of sp³-hybridized carbons (Fsp3) is 0.692. The van der Waals surface area contributed by atoms with Crippen molar-refractivity contribution in [1.82, 2.24) is 15.1 Å². The molecule has 1 aromatic rings. The van der Waals surface area contributed by atoms with Crippen molar-refractivity contribution in [2.45, 2.75) is 45.2 Å². The third-order valence-corrected chi connectivity index (χ3v) is 3.92. The number of aromatic nitrogens is 2. The normalized spacial score (nSPS) is 20.5. The van der Waals surface area contributed by atoms with E-state index in [0.29, 0.717) is 5.92 Å². The van der Waals surface area contributed by atoms with Crippen molar-refractivity contribution >= 4 is 0 Å². The zero-order chi connectivity index (χ0) is 11.7. The van der Waals surface area contributed by atoms with Crippen LogP contribution >= 0.6 is 0 Å². The van der Waals surface area contributed by atoms with Gasteiger partial charge in [0, 0.05) is 32.1 Å². The van der Waals surface area contributed by atoms with Crippen molar-refractivity contribution in [2.24, 2.45) is 5.92 Å². The van der Waals surface area contributed by atoms with Gasteiger partial charge in [-0.3, -0.25) is 4.79 Å². The zero-order valence-corrected chi connectivity index (χ0v) is 10.1. The third-order valence-electron chi connectivity index (χ3n) is 3.92. The SMILES string of the molecule is O=c1cc2c(nn1CC1CCCC1)CCNC2. The smallest absolute Gasteiger partial charge is 0.267 e. The van der Waals surface area contributed by atoms with Crippen LogP contribution in [-0.4, -0.2) is 16.3 Å². The number of fused-ring (bicyclic) bond motifs is 1. The maximum absolute atomic E-state index is 12.0. The van der Waals surface area contributed by atoms with Gasteiger partial charge in [0.05, 0.1) is 5.69 Å². The second-order valence-corrected chi connectivity index (χ2v) is 5.21. The summed E-state index contributed by atoms with van der Waals surface area (Å²) < 4.78 is 1.69. The summed E-state index contributed by atoms with van der Waals surface area (Å²) in [5.74, 6) is 0.667. The molecular formula is C13H19N3O. The molecule has 1 aliphatic carbocycles. The molecule has 0 radical (unpaired) electrons. The molecular weight excluding hydrogens is 214 g/mol. The van der Waals surface area contributed by atoms with Crippen molar-refractivity contribution in [3.8, 4) is 0 Å². The van der Waals surface area contributed by atoms with E-state index in [-0.39, 0.29) is 5.56 Å². The predicted octanol–water partition coefficient (Wildman–Crippen LogP) is 1.08. The van der Waals surface area contributed by atoms with Gasteiger partial charge in [-0.2, -0.15) is 5.10 Å². The van der Waals surface area contributed by atoms with Crippen molar-refractivity contribution in [3.05, 3.63) is 27.7 Å². The summed E-state index contributed by atoms with van der Waals surface area (Å²) in [6, 6.07) is 1.77. The Balaban J connectivity index is 1.85. The van der Waals surface area contributed by atoms with Gasteiger partial charge in [0.25, 0.3) is 5.56 Å². The van der Waals surface area contributed by atoms with Crippen LogP contribution < -0.4 is 10.9 Å². The molecule has 0 unspecified atom stereocenters. The van der Waals surface area contributed by atoms with Crippen LogP contribution in [0, 0.1) is 5.92 Å². The van der Waals surface area contributed by atoms with Crippen LogP contribution in [0.2, 0.25) is 0 Å². The van der Waals surface area contributed by atoms with Gasteiger partial charge < -0.3 is 5.32 Å². The van der Waals surface area contributed by atoms with E-state index in [1.54, 1.807) is 10.7 Å². The van der Waals surface area contributed by atoms with Crippen LogP contribution in [0.1, 0.15) is 36.9 Å². The molecule has 0 spiro atoms. The van der Waals surface area contributed by atoms with Gasteiger partial charge in [0.15, 0.2) is 0 Å². The molecule has 2 heterocycles. The number of hydrogen-bond acceptors (Lipinski definition) is 3. The first-order valence-corrected chi connectivity index (χ1v) is 6.63. The summed E-state index contributed by atoms with van der Waals surface area (Å²) >= 11 is 0. The first-order valence-electron chi connectivity index (χ1n) is 6.63. The molecule has 0 bridgehead atoms. The van der Waals surface area contributed by atoms with Gasteiger partial charge in [-0.15, -0.1) is 0 Å². The van der Waals surface area contributed by atoms with E-state index in [1.165, 1.54) is 25.7 Å². The van der Waals surface area contributed by atoms with Crippen LogP contribution in [-0.2, 0) is 19.5 Å². The Kier molecular flexibility index (Phi) is 2.97. The average Bonchev–Trinajstić information content (AvgIpc) is 2.83. The standard InChI is InChI=1S/C13H19N3O/c17-13-7-11-8-14-6-5-12(11)15-16(13)9-10-3-1-2-4-10/h7,10,14H,1-6,8-9H2. The topological polar surface area (TPSA) is 46.9 Å². The number of hydrogen-bond donors (Lipinski definition) is 1. The van der Waals surface area contributed by atoms with Crippen LogP contribution in [0.25, 0.3) is 0 Å². The number of rotatable bonds is 2. The highest BCUT2D eigenvalue weighted by Gasteiger charge is 2.18. The summed E-state index contributed by atoms with van der Waals surface area (Å²) in [5.41, 5.74) is 2.27. The van der Waals surface area contributed by atoms with E-state index in [1.807, 2.05) is 0 Å². The molecule has 4 heteroatoms. The van der Waals surface area contributed by atoms with Gasteiger partial charge in [-0.05, 0) is 24.3 Å². The first-order chi connectivity index (χ1) is 8.33. The second kappa shape index (κ2) is 4.61. The lowest BCUT2D eigenvalue weighted by molar-refractivity contribution is 0.407. The average molecular weight is 233 g/mol. The summed E-state index contributed by atoms with van der Waals surface area (Å²) in [4.78, 5) is 12.0. The van der Waals surface area contributed by atoms with Crippen molar-refractivity contribution < 1.29 is 0 Å². The highest BCUT2D eigenvalue weighted by Crippen LogP contribution is 2.25. The highest BCUT2D eigenvalue weighted by molar-refractivity contribution is 5.20. The largest absolute Gasteiger partial charge is 0.312 e. The number of nitrogens with one attached hydrogen (secondary N) is 1. The van der Waals surface area contributed by atoms with E-state index in [2.05, 4.69) is 10.4 Å². The van der Waals surface area contributed by atoms with E-state index >= 15 is 0 Å². The minimum Gasteiger partial charge on any atom is -0.312 e. The molecule has 1 aromatic heterocycles. The molecule has 3 rings (SSSR count). The summed E-state index contributed by atoms with van der Waals surface area (Å²) in [5, 5.41) is 7.81. The number of nitrogens with zero attached hydrogens (tertiary/aromatic N) is 2. The van der Waals surface area contributed by atoms with E-state index in [4.69, 9.17) is 0 Å². The Morgan fingerprint density at radius 3 is 3.06 bits per heavy atom. The van der Waals surface area contributed by atoms with Gasteiger partial charge in [0.2, 0.25) is 0 Å². The molecule has 1 saturated carbocycles. The molecule has 0 saturated heterocycles. The summed E-state index contributed by atoms with van der Waals surface area (Å²) in [6.45, 7) is 2.59. The van der Waals surface area contributed by atoms with Crippen LogP contribution in [0.4, 0.5) is 0 Å².